The molecule has 0 bridgehead atoms. The van der Waals surface area contributed by atoms with Gasteiger partial charge in [0.2, 0.25) is 11.8 Å². The molecule has 0 aromatic carbocycles. The lowest BCUT2D eigenvalue weighted by atomic mass is 9.95. The molecule has 0 spiro atoms. The summed E-state index contributed by atoms with van der Waals surface area (Å²) in [5.41, 5.74) is 0. The summed E-state index contributed by atoms with van der Waals surface area (Å²) in [6.45, 7) is -3.42. The third kappa shape index (κ3) is 10.1. The maximum Gasteiger partial charge on any atom is 0.240 e. The van der Waals surface area contributed by atoms with Gasteiger partial charge in [-0.1, -0.05) is 0 Å². The fraction of sp³-hybridized carbons (Fsp3) is 0.935. The number of aliphatic hydroxyl groups excluding tert-OH is 13. The molecule has 9 unspecified atom stereocenters. The first-order chi connectivity index (χ1) is 26.6. The second-order valence-corrected chi connectivity index (χ2v) is 15.2. The summed E-state index contributed by atoms with van der Waals surface area (Å²) >= 11 is 1.18. The second kappa shape index (κ2) is 20.3. The largest absolute Gasteiger partial charge is 0.394 e. The van der Waals surface area contributed by atoms with Crippen LogP contribution in [0.2, 0.25) is 0 Å². The van der Waals surface area contributed by atoms with Gasteiger partial charge in [-0.25, -0.2) is 0 Å². The molecule has 5 rings (SSSR count). The van der Waals surface area contributed by atoms with E-state index >= 15 is 0 Å². The maximum atomic E-state index is 11.9. The van der Waals surface area contributed by atoms with Crippen LogP contribution in [0.1, 0.15) is 12.8 Å². The van der Waals surface area contributed by atoms with Gasteiger partial charge in [0.15, 0.2) is 25.2 Å². The van der Waals surface area contributed by atoms with Gasteiger partial charge in [-0.15, -0.1) is 11.8 Å². The molecule has 0 radical (unpaired) electrons. The van der Waals surface area contributed by atoms with Gasteiger partial charge in [0.05, 0.1) is 38.3 Å². The number of carbonyl (C=O) groups is 2. The number of imide groups is 1. The van der Waals surface area contributed by atoms with Crippen LogP contribution in [-0.4, -0.2) is 245 Å². The summed E-state index contributed by atoms with van der Waals surface area (Å²) in [6.07, 6.45) is -35.6. The molecular formula is C31H51NO23S. The van der Waals surface area contributed by atoms with Crippen LogP contribution >= 0.6 is 11.8 Å². The molecule has 5 heterocycles. The minimum Gasteiger partial charge on any atom is -0.394 e. The van der Waals surface area contributed by atoms with Gasteiger partial charge in [-0.3, -0.25) is 14.9 Å². The van der Waals surface area contributed by atoms with Gasteiger partial charge in [0.25, 0.3) is 0 Å². The minimum absolute atomic E-state index is 0.00224. The van der Waals surface area contributed by atoms with Crippen molar-refractivity contribution in [3.05, 3.63) is 0 Å². The van der Waals surface area contributed by atoms with E-state index in [1.807, 2.05) is 0 Å². The summed E-state index contributed by atoms with van der Waals surface area (Å²) in [4.78, 5) is 23.5. The molecule has 5 fully saturated rings. The Hall–Kier alpha value is -1.35. The number of ether oxygens (including phenoxy) is 8. The van der Waals surface area contributed by atoms with Crippen molar-refractivity contribution >= 4 is 23.6 Å². The molecule has 0 aliphatic carbocycles. The SMILES string of the molecule is O=C1CC(SCCCO[C@H]2OC(CO[C@@H]3OC(CO)[C@@H](O)[C@H](O)C3O)[C@@H](O[C@@H]3OC(CO)[C@@H](O)[C@H](O)C3O)[C@H](O[C@@H]3OC(CO)[C@@H](O)[C@H](O)C3O)C2O)C(=O)N1. The molecule has 0 aromatic rings. The number of nitrogens with one attached hydrogen (secondary N) is 1. The maximum absolute atomic E-state index is 11.9. The molecule has 21 atom stereocenters. The van der Waals surface area contributed by atoms with Crippen molar-refractivity contribution in [3.8, 4) is 0 Å². The highest BCUT2D eigenvalue weighted by molar-refractivity contribution is 8.00. The highest BCUT2D eigenvalue weighted by Gasteiger charge is 2.55. The Morgan fingerprint density at radius 3 is 1.48 bits per heavy atom. The van der Waals surface area contributed by atoms with Crippen LogP contribution in [0.4, 0.5) is 0 Å². The van der Waals surface area contributed by atoms with Crippen molar-refractivity contribution < 1.29 is 114 Å². The number of carbonyl (C=O) groups excluding carboxylic acids is 2. The molecule has 14 N–H and O–H groups in total. The first kappa shape index (κ1) is 45.7. The van der Waals surface area contributed by atoms with E-state index < -0.39 is 166 Å². The Morgan fingerprint density at radius 2 is 1.00 bits per heavy atom. The highest BCUT2D eigenvalue weighted by atomic mass is 32.2. The summed E-state index contributed by atoms with van der Waals surface area (Å²) in [7, 11) is 0. The van der Waals surface area contributed by atoms with E-state index in [2.05, 4.69) is 5.32 Å². The molecule has 0 aromatic heterocycles. The normalized spacial score (nSPS) is 47.6. The van der Waals surface area contributed by atoms with Crippen LogP contribution in [0.15, 0.2) is 0 Å². The first-order valence-electron chi connectivity index (χ1n) is 17.9. The minimum atomic E-state index is -2.02. The molecule has 5 aliphatic heterocycles. The number of hydrogen-bond acceptors (Lipinski definition) is 24. The highest BCUT2D eigenvalue weighted by Crippen LogP contribution is 2.35. The number of hydrogen-bond donors (Lipinski definition) is 14. The lowest BCUT2D eigenvalue weighted by molar-refractivity contribution is -0.391. The lowest BCUT2D eigenvalue weighted by Crippen LogP contribution is -2.67. The molecule has 0 saturated carbocycles. The summed E-state index contributed by atoms with van der Waals surface area (Å²) in [6, 6.07) is 0. The zero-order valence-corrected chi connectivity index (χ0v) is 30.4. The molecule has 24 nitrogen and oxygen atoms in total. The third-order valence-electron chi connectivity index (χ3n) is 9.98. The molecule has 5 aliphatic rings. The Kier molecular flexibility index (Phi) is 16.6. The quantitative estimate of drug-likeness (QED) is 0.0507. The molecule has 56 heavy (non-hydrogen) atoms. The first-order valence-corrected chi connectivity index (χ1v) is 18.9. The van der Waals surface area contributed by atoms with Gasteiger partial charge >= 0.3 is 0 Å². The van der Waals surface area contributed by atoms with E-state index in [1.54, 1.807) is 0 Å². The van der Waals surface area contributed by atoms with Crippen molar-refractivity contribution in [1.82, 2.24) is 5.32 Å². The lowest BCUT2D eigenvalue weighted by Gasteiger charge is -2.49. The van der Waals surface area contributed by atoms with Crippen LogP contribution < -0.4 is 5.32 Å². The van der Waals surface area contributed by atoms with Gasteiger partial charge in [0.1, 0.15) is 97.7 Å². The van der Waals surface area contributed by atoms with Crippen molar-refractivity contribution in [1.29, 1.82) is 0 Å². The molecule has 25 heteroatoms. The predicted molar refractivity (Wildman–Crippen MR) is 176 cm³/mol. The zero-order valence-electron chi connectivity index (χ0n) is 29.6. The Bertz CT molecular complexity index is 1270. The average Bonchev–Trinajstić information content (AvgIpc) is 3.51. The molecular weight excluding hydrogens is 786 g/mol. The van der Waals surface area contributed by atoms with E-state index in [1.165, 1.54) is 11.8 Å². The number of rotatable bonds is 16. The van der Waals surface area contributed by atoms with Crippen LogP contribution in [0.25, 0.3) is 0 Å². The van der Waals surface area contributed by atoms with Gasteiger partial charge in [-0.2, -0.15) is 0 Å². The van der Waals surface area contributed by atoms with Gasteiger partial charge in [0, 0.05) is 6.42 Å². The average molecular weight is 838 g/mol. The fourth-order valence-corrected chi connectivity index (χ4v) is 7.75. The molecule has 324 valence electrons. The summed E-state index contributed by atoms with van der Waals surface area (Å²) in [5, 5.41) is 137. The predicted octanol–water partition coefficient (Wildman–Crippen LogP) is -9.19. The Labute approximate surface area is 322 Å². The third-order valence-corrected chi connectivity index (χ3v) is 11.3. The van der Waals surface area contributed by atoms with E-state index in [0.29, 0.717) is 5.75 Å². The topological polar surface area (TPSA) is 383 Å². The van der Waals surface area contributed by atoms with Gasteiger partial charge in [-0.05, 0) is 12.2 Å². The standard InChI is InChI=1S/C31H51NO23S/c33-5-9-15(37)18(40)21(43)28(50-9)49-8-12-25(54-30-22(44)19(41)16(38)10(6-34)51-30)26(55-31-23(45)20(42)17(39)11(7-35)52-31)24(46)29(53-12)48-2-1-3-56-13-4-14(36)32-27(13)47/h9-13,15-26,28-31,33-35,37-46H,1-8H2,(H,32,36,47)/t9?,10?,11?,12?,13?,15-,16-,17-,18+,19+,20+,21?,22?,23?,24?,25-,26-,28-,29+,30+,31+/m1/s1. The van der Waals surface area contributed by atoms with Crippen molar-refractivity contribution in [3.63, 3.8) is 0 Å². The Morgan fingerprint density at radius 1 is 0.554 bits per heavy atom. The van der Waals surface area contributed by atoms with E-state index in [9.17, 15) is 76.0 Å². The number of aliphatic hydroxyl groups is 13. The van der Waals surface area contributed by atoms with Crippen molar-refractivity contribution in [2.45, 2.75) is 141 Å². The summed E-state index contributed by atoms with van der Waals surface area (Å²) in [5.74, 6) is -0.538. The van der Waals surface area contributed by atoms with Gasteiger partial charge < -0.3 is 104 Å². The van der Waals surface area contributed by atoms with Crippen molar-refractivity contribution in [2.75, 3.05) is 38.8 Å². The summed E-state index contributed by atoms with van der Waals surface area (Å²) < 4.78 is 45.8. The van der Waals surface area contributed by atoms with Crippen LogP contribution in [-0.2, 0) is 47.5 Å². The van der Waals surface area contributed by atoms with Crippen LogP contribution in [0, 0.1) is 0 Å². The van der Waals surface area contributed by atoms with E-state index in [0.717, 1.165) is 0 Å². The van der Waals surface area contributed by atoms with Crippen LogP contribution in [0.5, 0.6) is 0 Å². The second-order valence-electron chi connectivity index (χ2n) is 13.9. The fourth-order valence-electron chi connectivity index (χ4n) is 6.70. The van der Waals surface area contributed by atoms with Crippen molar-refractivity contribution in [2.24, 2.45) is 0 Å². The number of amides is 2. The number of thioether (sulfide) groups is 1. The zero-order chi connectivity index (χ0) is 41.0. The molecule has 5 saturated heterocycles. The van der Waals surface area contributed by atoms with E-state index in [4.69, 9.17) is 37.9 Å². The van der Waals surface area contributed by atoms with E-state index in [-0.39, 0.29) is 19.4 Å². The monoisotopic (exact) mass is 837 g/mol. The smallest absolute Gasteiger partial charge is 0.240 e. The Balaban J connectivity index is 1.41. The van der Waals surface area contributed by atoms with Crippen LogP contribution in [0.3, 0.4) is 0 Å². The molecule has 2 amide bonds.